The molecule has 1 aromatic carbocycles. The van der Waals surface area contributed by atoms with Crippen molar-refractivity contribution in [1.82, 2.24) is 8.87 Å². The molecule has 1 fully saturated rings. The summed E-state index contributed by atoms with van der Waals surface area (Å²) in [5, 5.41) is 1.04. The summed E-state index contributed by atoms with van der Waals surface area (Å²) in [6.45, 7) is 6.09. The zero-order chi connectivity index (χ0) is 22.0. The number of fused-ring (bicyclic) bond motifs is 3. The maximum Gasteiger partial charge on any atom is 0.254 e. The highest BCUT2D eigenvalue weighted by molar-refractivity contribution is 7.83. The number of likely N-dealkylation sites (N-methyl/N-ethyl adjacent to an activating group) is 1. The zero-order valence-corrected chi connectivity index (χ0v) is 19.3. The smallest absolute Gasteiger partial charge is 0.254 e. The van der Waals surface area contributed by atoms with Crippen LogP contribution >= 0.6 is 0 Å². The lowest BCUT2D eigenvalue weighted by atomic mass is 9.75. The molecular weight excluding hydrogens is 412 g/mol. The molecule has 2 aliphatic rings. The van der Waals surface area contributed by atoms with Crippen molar-refractivity contribution in [2.24, 2.45) is 11.8 Å². The number of ether oxygens (including phenoxy) is 1. The van der Waals surface area contributed by atoms with Crippen molar-refractivity contribution in [3.63, 3.8) is 0 Å². The molecule has 1 saturated heterocycles. The lowest BCUT2D eigenvalue weighted by Crippen LogP contribution is -2.32. The Bertz CT molecular complexity index is 993. The number of amides is 1. The number of nitrogens with zero attached hydrogens (tertiary/aromatic N) is 2. The highest BCUT2D eigenvalue weighted by Gasteiger charge is 2.32. The van der Waals surface area contributed by atoms with Gasteiger partial charge in [-0.1, -0.05) is 6.92 Å². The molecule has 6 nitrogen and oxygen atoms in total. The largest absolute Gasteiger partial charge is 0.381 e. The van der Waals surface area contributed by atoms with E-state index in [1.807, 2.05) is 36.0 Å². The molecule has 1 aliphatic carbocycles. The van der Waals surface area contributed by atoms with Gasteiger partial charge in [0, 0.05) is 42.2 Å². The predicted molar refractivity (Wildman–Crippen MR) is 123 cm³/mol. The van der Waals surface area contributed by atoms with Crippen LogP contribution < -0.4 is 0 Å². The molecule has 2 atom stereocenters. The predicted octanol–water partition coefficient (Wildman–Crippen LogP) is 3.37. The summed E-state index contributed by atoms with van der Waals surface area (Å²) in [6, 6.07) is 5.70. The molecule has 0 spiro atoms. The van der Waals surface area contributed by atoms with Gasteiger partial charge in [0.15, 0.2) is 0 Å². The summed E-state index contributed by atoms with van der Waals surface area (Å²) >= 11 is 0. The summed E-state index contributed by atoms with van der Waals surface area (Å²) in [6.07, 6.45) is 5.99. The van der Waals surface area contributed by atoms with Gasteiger partial charge in [-0.15, -0.1) is 0 Å². The van der Waals surface area contributed by atoms with E-state index in [1.165, 1.54) is 11.3 Å². The standard InChI is InChI=1S/C24H32N2O4S/c1-3-25(11-12-27)24(28)19-6-8-23-21(16-19)20-15-18(17-9-13-30-14-10-17)5-7-22(20)26(23)31(29)4-2/h6,8,12,16-18H,3-5,7,9-11,13-15H2,1-2H3. The second-order valence-electron chi connectivity index (χ2n) is 8.52. The van der Waals surface area contributed by atoms with Crippen molar-refractivity contribution in [2.45, 2.75) is 46.0 Å². The van der Waals surface area contributed by atoms with Gasteiger partial charge in [-0.2, -0.15) is 0 Å². The molecule has 1 aliphatic heterocycles. The van der Waals surface area contributed by atoms with Gasteiger partial charge in [0.25, 0.3) is 5.91 Å². The summed E-state index contributed by atoms with van der Waals surface area (Å²) in [4.78, 5) is 25.5. The first-order valence-corrected chi connectivity index (χ1v) is 12.7. The lowest BCUT2D eigenvalue weighted by Gasteiger charge is -2.33. The third-order valence-electron chi connectivity index (χ3n) is 6.95. The van der Waals surface area contributed by atoms with Crippen LogP contribution in [0, 0.1) is 11.8 Å². The van der Waals surface area contributed by atoms with Crippen LogP contribution in [0.15, 0.2) is 18.2 Å². The third-order valence-corrected chi connectivity index (χ3v) is 8.26. The van der Waals surface area contributed by atoms with E-state index in [9.17, 15) is 13.8 Å². The number of carbonyl (C=O) groups is 2. The topological polar surface area (TPSA) is 68.6 Å². The van der Waals surface area contributed by atoms with Crippen LogP contribution in [0.2, 0.25) is 0 Å². The number of benzene rings is 1. The number of aldehydes is 1. The first-order valence-electron chi connectivity index (χ1n) is 11.4. The Kier molecular flexibility index (Phi) is 6.92. The Morgan fingerprint density at radius 1 is 1.23 bits per heavy atom. The van der Waals surface area contributed by atoms with Gasteiger partial charge in [0.05, 0.1) is 12.1 Å². The van der Waals surface area contributed by atoms with E-state index in [2.05, 4.69) is 0 Å². The zero-order valence-electron chi connectivity index (χ0n) is 18.5. The van der Waals surface area contributed by atoms with E-state index in [0.717, 1.165) is 62.5 Å². The van der Waals surface area contributed by atoms with Gasteiger partial charge in [-0.3, -0.25) is 8.77 Å². The van der Waals surface area contributed by atoms with Gasteiger partial charge in [-0.05, 0) is 74.6 Å². The molecule has 1 aromatic heterocycles. The highest BCUT2D eigenvalue weighted by atomic mass is 32.2. The van der Waals surface area contributed by atoms with Crippen molar-refractivity contribution in [3.05, 3.63) is 35.0 Å². The maximum atomic E-state index is 13.0. The van der Waals surface area contributed by atoms with Gasteiger partial charge in [0.2, 0.25) is 0 Å². The SMILES string of the molecule is CCN(CC=O)C(=O)c1ccc2c(c1)c1c(n2S(=O)CC)CCC(C2CCOCC2)C1. The Morgan fingerprint density at radius 2 is 2.00 bits per heavy atom. The number of hydrogen-bond donors (Lipinski definition) is 0. The molecule has 2 unspecified atom stereocenters. The summed E-state index contributed by atoms with van der Waals surface area (Å²) in [7, 11) is -1.11. The van der Waals surface area contributed by atoms with Crippen LogP contribution in [0.3, 0.4) is 0 Å². The first-order chi connectivity index (χ1) is 15.1. The average Bonchev–Trinajstić information content (AvgIpc) is 3.15. The van der Waals surface area contributed by atoms with Crippen molar-refractivity contribution >= 4 is 34.1 Å². The number of rotatable bonds is 7. The fraction of sp³-hybridized carbons (Fsp3) is 0.583. The molecule has 31 heavy (non-hydrogen) atoms. The minimum absolute atomic E-state index is 0.0954. The second-order valence-corrected chi connectivity index (χ2v) is 10.1. The molecule has 168 valence electrons. The Labute approximate surface area is 186 Å². The quantitative estimate of drug-likeness (QED) is 0.614. The van der Waals surface area contributed by atoms with E-state index in [4.69, 9.17) is 4.74 Å². The van der Waals surface area contributed by atoms with E-state index in [-0.39, 0.29) is 12.5 Å². The Morgan fingerprint density at radius 3 is 2.68 bits per heavy atom. The maximum absolute atomic E-state index is 13.0. The van der Waals surface area contributed by atoms with Crippen LogP contribution in [0.1, 0.15) is 54.7 Å². The van der Waals surface area contributed by atoms with Crippen molar-refractivity contribution < 1.29 is 18.5 Å². The van der Waals surface area contributed by atoms with Crippen LogP contribution in [0.25, 0.3) is 10.9 Å². The van der Waals surface area contributed by atoms with Gasteiger partial charge in [-0.25, -0.2) is 4.21 Å². The van der Waals surface area contributed by atoms with Crippen LogP contribution in [-0.4, -0.2) is 57.3 Å². The molecule has 2 heterocycles. The summed E-state index contributed by atoms with van der Waals surface area (Å²) in [5.41, 5.74) is 3.97. The van der Waals surface area contributed by atoms with E-state index in [1.54, 1.807) is 4.90 Å². The minimum atomic E-state index is -1.11. The normalized spacial score (nSPS) is 20.4. The number of carbonyl (C=O) groups excluding carboxylic acids is 2. The fourth-order valence-corrected chi connectivity index (χ4v) is 6.34. The summed E-state index contributed by atoms with van der Waals surface area (Å²) < 4.78 is 20.5. The molecule has 0 bridgehead atoms. The van der Waals surface area contributed by atoms with Gasteiger partial charge in [0.1, 0.15) is 17.3 Å². The second kappa shape index (κ2) is 9.65. The van der Waals surface area contributed by atoms with Gasteiger partial charge >= 0.3 is 0 Å². The highest BCUT2D eigenvalue weighted by Crippen LogP contribution is 2.40. The molecule has 2 aromatic rings. The minimum Gasteiger partial charge on any atom is -0.381 e. The third kappa shape index (κ3) is 4.22. The molecule has 1 amide bonds. The van der Waals surface area contributed by atoms with Gasteiger partial charge < -0.3 is 14.4 Å². The Hall–Kier alpha value is -1.99. The average molecular weight is 445 g/mol. The molecule has 0 radical (unpaired) electrons. The first kappa shape index (κ1) is 22.2. The van der Waals surface area contributed by atoms with E-state index in [0.29, 0.717) is 29.7 Å². The molecule has 7 heteroatoms. The molecule has 0 N–H and O–H groups in total. The van der Waals surface area contributed by atoms with Crippen LogP contribution in [0.5, 0.6) is 0 Å². The van der Waals surface area contributed by atoms with E-state index >= 15 is 0 Å². The van der Waals surface area contributed by atoms with E-state index < -0.39 is 11.0 Å². The van der Waals surface area contributed by atoms with Crippen LogP contribution in [-0.2, 0) is 33.4 Å². The van der Waals surface area contributed by atoms with Crippen molar-refractivity contribution in [1.29, 1.82) is 0 Å². The van der Waals surface area contributed by atoms with Crippen molar-refractivity contribution in [3.8, 4) is 0 Å². The fourth-order valence-electron chi connectivity index (χ4n) is 5.26. The molecular formula is C24H32N2O4S. The lowest BCUT2D eigenvalue weighted by molar-refractivity contribution is -0.108. The summed E-state index contributed by atoms with van der Waals surface area (Å²) in [5.74, 6) is 1.70. The monoisotopic (exact) mass is 444 g/mol. The number of aromatic nitrogens is 1. The Balaban J connectivity index is 1.76. The van der Waals surface area contributed by atoms with Crippen molar-refractivity contribution in [2.75, 3.05) is 32.1 Å². The number of hydrogen-bond acceptors (Lipinski definition) is 4. The molecule has 4 rings (SSSR count). The molecule has 0 saturated carbocycles. The van der Waals surface area contributed by atoms with Crippen LogP contribution in [0.4, 0.5) is 0 Å².